The van der Waals surface area contributed by atoms with E-state index in [4.69, 9.17) is 16.3 Å². The lowest BCUT2D eigenvalue weighted by Gasteiger charge is -2.42. The molecule has 6 nitrogen and oxygen atoms in total. The van der Waals surface area contributed by atoms with E-state index in [1.807, 2.05) is 20.1 Å². The van der Waals surface area contributed by atoms with Crippen molar-refractivity contribution in [3.63, 3.8) is 0 Å². The van der Waals surface area contributed by atoms with Gasteiger partial charge in [-0.15, -0.1) is 0 Å². The second-order valence-corrected chi connectivity index (χ2v) is 6.60. The fourth-order valence-electron chi connectivity index (χ4n) is 2.29. The third kappa shape index (κ3) is 3.85. The maximum absolute atomic E-state index is 12.6. The van der Waals surface area contributed by atoms with E-state index in [9.17, 15) is 9.90 Å². The zero-order valence-corrected chi connectivity index (χ0v) is 13.7. The summed E-state index contributed by atoms with van der Waals surface area (Å²) in [6, 6.07) is 0. The average molecular weight is 332 g/mol. The van der Waals surface area contributed by atoms with Crippen LogP contribution in [0.4, 0.5) is 0 Å². The zero-order valence-electron chi connectivity index (χ0n) is 12.2. The maximum atomic E-state index is 12.6. The number of halogens is 1. The number of nitrogens with zero attached hydrogens (tertiary/aromatic N) is 3. The number of hydrogen-bond donors (Lipinski definition) is 1. The molecule has 21 heavy (non-hydrogen) atoms. The van der Waals surface area contributed by atoms with Crippen molar-refractivity contribution in [3.05, 3.63) is 16.9 Å². The molecule has 1 aliphatic heterocycles. The fourth-order valence-corrected chi connectivity index (χ4v) is 2.81. The van der Waals surface area contributed by atoms with Crippen LogP contribution in [0.2, 0.25) is 5.02 Å². The SMILES string of the molecule is CSc1ncc(Cl)c(C(=O)N2CC(CO)OC(C)(C)C2)n1. The number of aromatic nitrogens is 2. The number of ether oxygens (including phenoxy) is 1. The minimum atomic E-state index is -0.525. The molecule has 1 N–H and O–H groups in total. The number of amides is 1. The summed E-state index contributed by atoms with van der Waals surface area (Å²) >= 11 is 7.39. The summed E-state index contributed by atoms with van der Waals surface area (Å²) in [4.78, 5) is 22.5. The fraction of sp³-hybridized carbons (Fsp3) is 0.615. The van der Waals surface area contributed by atoms with Crippen LogP contribution in [0.1, 0.15) is 24.3 Å². The molecule has 1 aliphatic rings. The van der Waals surface area contributed by atoms with Crippen molar-refractivity contribution in [2.24, 2.45) is 0 Å². The van der Waals surface area contributed by atoms with Crippen molar-refractivity contribution in [1.82, 2.24) is 14.9 Å². The maximum Gasteiger partial charge on any atom is 0.274 e. The molecule has 1 fully saturated rings. The third-order valence-corrected chi connectivity index (χ3v) is 3.92. The molecule has 1 atom stereocenters. The monoisotopic (exact) mass is 331 g/mol. The molecule has 1 amide bonds. The molecule has 2 heterocycles. The van der Waals surface area contributed by atoms with E-state index in [0.29, 0.717) is 18.2 Å². The first kappa shape index (κ1) is 16.5. The number of thioether (sulfide) groups is 1. The molecule has 8 heteroatoms. The highest BCUT2D eigenvalue weighted by atomic mass is 35.5. The third-order valence-electron chi connectivity index (χ3n) is 3.08. The summed E-state index contributed by atoms with van der Waals surface area (Å²) in [6.07, 6.45) is 2.86. The van der Waals surface area contributed by atoms with E-state index in [-0.39, 0.29) is 23.2 Å². The van der Waals surface area contributed by atoms with Gasteiger partial charge < -0.3 is 14.7 Å². The minimum absolute atomic E-state index is 0.138. The summed E-state index contributed by atoms with van der Waals surface area (Å²) in [5, 5.41) is 10.0. The number of rotatable bonds is 3. The molecule has 0 bridgehead atoms. The van der Waals surface area contributed by atoms with Crippen LogP contribution in [0, 0.1) is 0 Å². The summed E-state index contributed by atoms with van der Waals surface area (Å²) in [5.74, 6) is -0.271. The molecule has 1 unspecified atom stereocenters. The van der Waals surface area contributed by atoms with Crippen LogP contribution in [-0.2, 0) is 4.74 Å². The smallest absolute Gasteiger partial charge is 0.274 e. The second kappa shape index (κ2) is 6.48. The lowest BCUT2D eigenvalue weighted by molar-refractivity contribution is -0.139. The van der Waals surface area contributed by atoms with Gasteiger partial charge in [-0.1, -0.05) is 23.4 Å². The van der Waals surface area contributed by atoms with Crippen molar-refractivity contribution < 1.29 is 14.6 Å². The Balaban J connectivity index is 2.26. The van der Waals surface area contributed by atoms with Crippen LogP contribution in [0.15, 0.2) is 11.4 Å². The topological polar surface area (TPSA) is 75.6 Å². The van der Waals surface area contributed by atoms with E-state index in [2.05, 4.69) is 9.97 Å². The van der Waals surface area contributed by atoms with Crippen molar-refractivity contribution in [3.8, 4) is 0 Å². The number of morpholine rings is 1. The van der Waals surface area contributed by atoms with Crippen LogP contribution < -0.4 is 0 Å². The van der Waals surface area contributed by atoms with E-state index in [0.717, 1.165) is 0 Å². The van der Waals surface area contributed by atoms with Gasteiger partial charge in [0.05, 0.1) is 29.5 Å². The molecule has 1 saturated heterocycles. The molecule has 2 rings (SSSR count). The molecule has 1 aromatic rings. The van der Waals surface area contributed by atoms with Gasteiger partial charge in [0, 0.05) is 13.1 Å². The molecule has 0 aromatic carbocycles. The highest BCUT2D eigenvalue weighted by Gasteiger charge is 2.36. The Kier molecular flexibility index (Phi) is 5.08. The molecule has 0 aliphatic carbocycles. The first-order valence-corrected chi connectivity index (χ1v) is 8.11. The van der Waals surface area contributed by atoms with Crippen LogP contribution in [0.3, 0.4) is 0 Å². The zero-order chi connectivity index (χ0) is 15.6. The number of aliphatic hydroxyl groups excluding tert-OH is 1. The minimum Gasteiger partial charge on any atom is -0.394 e. The van der Waals surface area contributed by atoms with Crippen molar-refractivity contribution in [2.75, 3.05) is 26.0 Å². The molecular weight excluding hydrogens is 314 g/mol. The largest absolute Gasteiger partial charge is 0.394 e. The first-order valence-electron chi connectivity index (χ1n) is 6.51. The van der Waals surface area contributed by atoms with E-state index >= 15 is 0 Å². The van der Waals surface area contributed by atoms with E-state index in [1.54, 1.807) is 4.90 Å². The molecule has 0 saturated carbocycles. The number of carbonyl (C=O) groups is 1. The van der Waals surface area contributed by atoms with Gasteiger partial charge in [0.25, 0.3) is 5.91 Å². The lowest BCUT2D eigenvalue weighted by Crippen LogP contribution is -2.55. The predicted octanol–water partition coefficient (Wildman–Crippen LogP) is 1.46. The van der Waals surface area contributed by atoms with Crippen LogP contribution in [0.25, 0.3) is 0 Å². The number of hydrogen-bond acceptors (Lipinski definition) is 6. The van der Waals surface area contributed by atoms with Gasteiger partial charge in [-0.25, -0.2) is 9.97 Å². The van der Waals surface area contributed by atoms with Gasteiger partial charge >= 0.3 is 0 Å². The standard InChI is InChI=1S/C13H18ClN3O3S/c1-13(2)7-17(5-8(6-18)20-13)11(19)10-9(14)4-15-12(16-10)21-3/h4,8,18H,5-7H2,1-3H3. The molecule has 0 radical (unpaired) electrons. The molecule has 0 spiro atoms. The first-order chi connectivity index (χ1) is 9.86. The van der Waals surface area contributed by atoms with Crippen molar-refractivity contribution >= 4 is 29.3 Å². The number of aliphatic hydroxyl groups is 1. The quantitative estimate of drug-likeness (QED) is 0.667. The Labute approximate surface area is 132 Å². The highest BCUT2D eigenvalue weighted by molar-refractivity contribution is 7.98. The van der Waals surface area contributed by atoms with Gasteiger partial charge in [-0.05, 0) is 20.1 Å². The Morgan fingerprint density at radius 1 is 1.67 bits per heavy atom. The predicted molar refractivity (Wildman–Crippen MR) is 80.8 cm³/mol. The Hall–Kier alpha value is -0.890. The second-order valence-electron chi connectivity index (χ2n) is 5.42. The Morgan fingerprint density at radius 2 is 2.38 bits per heavy atom. The average Bonchev–Trinajstić information content (AvgIpc) is 2.45. The Bertz CT molecular complexity index is 541. The van der Waals surface area contributed by atoms with Crippen LogP contribution >= 0.6 is 23.4 Å². The highest BCUT2D eigenvalue weighted by Crippen LogP contribution is 2.24. The van der Waals surface area contributed by atoms with Crippen LogP contribution in [0.5, 0.6) is 0 Å². The summed E-state index contributed by atoms with van der Waals surface area (Å²) in [7, 11) is 0. The Morgan fingerprint density at radius 3 is 3.00 bits per heavy atom. The van der Waals surface area contributed by atoms with Gasteiger partial charge in [0.2, 0.25) is 0 Å². The summed E-state index contributed by atoms with van der Waals surface area (Å²) in [6.45, 7) is 4.35. The van der Waals surface area contributed by atoms with E-state index < -0.39 is 11.7 Å². The van der Waals surface area contributed by atoms with Gasteiger partial charge in [0.1, 0.15) is 0 Å². The number of carbonyl (C=O) groups excluding carboxylic acids is 1. The van der Waals surface area contributed by atoms with Crippen molar-refractivity contribution in [2.45, 2.75) is 30.7 Å². The van der Waals surface area contributed by atoms with Gasteiger partial charge in [0.15, 0.2) is 10.9 Å². The van der Waals surface area contributed by atoms with Gasteiger partial charge in [-0.3, -0.25) is 4.79 Å². The summed E-state index contributed by atoms with van der Waals surface area (Å²) in [5.41, 5.74) is -0.339. The van der Waals surface area contributed by atoms with Crippen LogP contribution in [-0.4, -0.2) is 63.5 Å². The van der Waals surface area contributed by atoms with E-state index in [1.165, 1.54) is 18.0 Å². The van der Waals surface area contributed by atoms with Gasteiger partial charge in [-0.2, -0.15) is 0 Å². The molecule has 116 valence electrons. The molecule has 1 aromatic heterocycles. The lowest BCUT2D eigenvalue weighted by atomic mass is 10.0. The summed E-state index contributed by atoms with van der Waals surface area (Å²) < 4.78 is 5.70. The normalized spacial score (nSPS) is 21.4. The van der Waals surface area contributed by atoms with Crippen molar-refractivity contribution in [1.29, 1.82) is 0 Å². The molecular formula is C13H18ClN3O3S.